The second-order valence-corrected chi connectivity index (χ2v) is 7.20. The van der Waals surface area contributed by atoms with E-state index in [9.17, 15) is 22.8 Å². The van der Waals surface area contributed by atoms with Crippen LogP contribution in [0.3, 0.4) is 0 Å². The number of carboxylic acid groups (broad SMARTS) is 1. The average molecular weight is 421 g/mol. The van der Waals surface area contributed by atoms with Crippen LogP contribution >= 0.6 is 11.8 Å². The molecule has 1 aliphatic heterocycles. The van der Waals surface area contributed by atoms with Crippen molar-refractivity contribution < 1.29 is 27.9 Å². The summed E-state index contributed by atoms with van der Waals surface area (Å²) in [5.41, 5.74) is 0.381. The van der Waals surface area contributed by atoms with Gasteiger partial charge in [0.15, 0.2) is 5.17 Å². The zero-order valence-electron chi connectivity index (χ0n) is 14.7. The Morgan fingerprint density at radius 2 is 1.86 bits per heavy atom. The van der Waals surface area contributed by atoms with Gasteiger partial charge in [0.25, 0.3) is 0 Å². The van der Waals surface area contributed by atoms with Crippen LogP contribution in [0.2, 0.25) is 0 Å². The molecule has 6 nitrogen and oxygen atoms in total. The van der Waals surface area contributed by atoms with Crippen LogP contribution < -0.4 is 5.32 Å². The fourth-order valence-corrected chi connectivity index (χ4v) is 3.54. The van der Waals surface area contributed by atoms with Gasteiger partial charge in [0, 0.05) is 0 Å². The second kappa shape index (κ2) is 8.48. The van der Waals surface area contributed by atoms with Gasteiger partial charge >= 0.3 is 12.1 Å². The number of alkyl halides is 3. The molecule has 1 amide bonds. The predicted molar refractivity (Wildman–Crippen MR) is 104 cm³/mol. The van der Waals surface area contributed by atoms with E-state index in [0.717, 1.165) is 17.8 Å². The number of nitrogens with one attached hydrogen (secondary N) is 1. The van der Waals surface area contributed by atoms with Crippen molar-refractivity contribution in [1.82, 2.24) is 5.32 Å². The summed E-state index contributed by atoms with van der Waals surface area (Å²) in [6.07, 6.45) is -3.39. The Bertz CT molecular complexity index is 988. The van der Waals surface area contributed by atoms with Gasteiger partial charge in [-0.05, 0) is 22.8 Å². The Morgan fingerprint density at radius 3 is 2.52 bits per heavy atom. The Kier molecular flexibility index (Phi) is 6.02. The average Bonchev–Trinajstić information content (AvgIpc) is 3.00. The summed E-state index contributed by atoms with van der Waals surface area (Å²) in [6.45, 7) is 0. The van der Waals surface area contributed by atoms with Gasteiger partial charge in [-0.2, -0.15) is 18.3 Å². The van der Waals surface area contributed by atoms with Crippen molar-refractivity contribution in [2.75, 3.05) is 0 Å². The fourth-order valence-electron chi connectivity index (χ4n) is 2.62. The van der Waals surface area contributed by atoms with Gasteiger partial charge < -0.3 is 10.4 Å². The lowest BCUT2D eigenvalue weighted by Gasteiger charge is -2.12. The maximum atomic E-state index is 13.2. The van der Waals surface area contributed by atoms with E-state index in [1.54, 1.807) is 30.3 Å². The van der Waals surface area contributed by atoms with Crippen molar-refractivity contribution in [3.05, 3.63) is 59.7 Å². The molecule has 1 saturated heterocycles. The van der Waals surface area contributed by atoms with E-state index in [2.05, 4.69) is 15.5 Å². The Hall–Kier alpha value is -3.14. The number of carboxylic acids is 1. The number of amidine groups is 1. The van der Waals surface area contributed by atoms with Crippen molar-refractivity contribution in [1.29, 1.82) is 0 Å². The standard InChI is InChI=1S/C19H14F3N3O3S/c20-19(21,22)14-4-2-1-3-13(14)12-7-5-11(6-8-12)10-23-25-18-24-17(28)15(29-18)9-16(26)27/h1-8,10,15H,9H2,(H,26,27)(H,24,25,28). The van der Waals surface area contributed by atoms with Gasteiger partial charge in [0.2, 0.25) is 5.91 Å². The summed E-state index contributed by atoms with van der Waals surface area (Å²) < 4.78 is 39.5. The first kappa shape index (κ1) is 20.6. The van der Waals surface area contributed by atoms with Gasteiger partial charge in [-0.1, -0.05) is 54.2 Å². The Balaban J connectivity index is 1.71. The van der Waals surface area contributed by atoms with Crippen LogP contribution in [0.5, 0.6) is 0 Å². The quantitative estimate of drug-likeness (QED) is 0.568. The molecule has 150 valence electrons. The molecule has 3 rings (SSSR count). The molecule has 0 spiro atoms. The van der Waals surface area contributed by atoms with Gasteiger partial charge in [-0.3, -0.25) is 9.59 Å². The molecule has 1 atom stereocenters. The monoisotopic (exact) mass is 421 g/mol. The fraction of sp³-hybridized carbons (Fsp3) is 0.158. The largest absolute Gasteiger partial charge is 0.481 e. The molecule has 1 unspecified atom stereocenters. The molecule has 0 aromatic heterocycles. The van der Waals surface area contributed by atoms with E-state index < -0.39 is 28.9 Å². The number of benzene rings is 2. The maximum Gasteiger partial charge on any atom is 0.417 e. The van der Waals surface area contributed by atoms with Crippen LogP contribution in [0.1, 0.15) is 17.5 Å². The summed E-state index contributed by atoms with van der Waals surface area (Å²) in [4.78, 5) is 22.3. The van der Waals surface area contributed by atoms with Crippen molar-refractivity contribution in [3.63, 3.8) is 0 Å². The molecule has 10 heteroatoms. The first-order chi connectivity index (χ1) is 13.7. The van der Waals surface area contributed by atoms with Crippen LogP contribution in [-0.4, -0.2) is 33.6 Å². The number of carbonyl (C=O) groups excluding carboxylic acids is 1. The molecule has 29 heavy (non-hydrogen) atoms. The topological polar surface area (TPSA) is 91.1 Å². The highest BCUT2D eigenvalue weighted by Crippen LogP contribution is 2.36. The van der Waals surface area contributed by atoms with E-state index in [0.29, 0.717) is 11.1 Å². The lowest BCUT2D eigenvalue weighted by atomic mass is 9.98. The van der Waals surface area contributed by atoms with Crippen LogP contribution in [0.4, 0.5) is 13.2 Å². The first-order valence-electron chi connectivity index (χ1n) is 8.31. The van der Waals surface area contributed by atoms with Crippen molar-refractivity contribution in [2.24, 2.45) is 10.2 Å². The van der Waals surface area contributed by atoms with Crippen LogP contribution in [0.15, 0.2) is 58.7 Å². The number of carbonyl (C=O) groups is 2. The zero-order valence-corrected chi connectivity index (χ0v) is 15.5. The highest BCUT2D eigenvalue weighted by atomic mass is 32.2. The Morgan fingerprint density at radius 1 is 1.17 bits per heavy atom. The zero-order chi connectivity index (χ0) is 21.0. The molecule has 1 heterocycles. The molecule has 2 aromatic rings. The van der Waals surface area contributed by atoms with Crippen molar-refractivity contribution in [2.45, 2.75) is 17.8 Å². The summed E-state index contributed by atoms with van der Waals surface area (Å²) in [5.74, 6) is -1.53. The van der Waals surface area contributed by atoms with E-state index in [1.165, 1.54) is 18.3 Å². The first-order valence-corrected chi connectivity index (χ1v) is 9.19. The number of hydrogen-bond donors (Lipinski definition) is 2. The number of nitrogens with zero attached hydrogens (tertiary/aromatic N) is 2. The smallest absolute Gasteiger partial charge is 0.417 e. The number of rotatable bonds is 5. The van der Waals surface area contributed by atoms with E-state index in [4.69, 9.17) is 5.11 Å². The lowest BCUT2D eigenvalue weighted by molar-refractivity contribution is -0.138. The van der Waals surface area contributed by atoms with Gasteiger partial charge in [0.05, 0.1) is 18.2 Å². The molecule has 0 aliphatic carbocycles. The summed E-state index contributed by atoms with van der Waals surface area (Å²) >= 11 is 0.974. The van der Waals surface area contributed by atoms with Crippen LogP contribution in [0.25, 0.3) is 11.1 Å². The predicted octanol–water partition coefficient (Wildman–Crippen LogP) is 3.77. The third-order valence-electron chi connectivity index (χ3n) is 3.95. The van der Waals surface area contributed by atoms with Crippen molar-refractivity contribution in [3.8, 4) is 11.1 Å². The highest BCUT2D eigenvalue weighted by molar-refractivity contribution is 8.15. The third-order valence-corrected chi connectivity index (χ3v) is 5.02. The molecule has 0 radical (unpaired) electrons. The lowest BCUT2D eigenvalue weighted by Crippen LogP contribution is -2.26. The molecular weight excluding hydrogens is 407 g/mol. The van der Waals surface area contributed by atoms with E-state index >= 15 is 0 Å². The number of halogens is 3. The van der Waals surface area contributed by atoms with Gasteiger partial charge in [-0.25, -0.2) is 0 Å². The molecule has 0 bridgehead atoms. The third kappa shape index (κ3) is 5.23. The van der Waals surface area contributed by atoms with Gasteiger partial charge in [-0.15, -0.1) is 5.10 Å². The van der Waals surface area contributed by atoms with E-state index in [-0.39, 0.29) is 17.2 Å². The SMILES string of the molecule is O=C(O)CC1SC(=NN=Cc2ccc(-c3ccccc3C(F)(F)F)cc2)NC1=O. The minimum atomic E-state index is -4.45. The maximum absolute atomic E-state index is 13.2. The van der Waals surface area contributed by atoms with Crippen molar-refractivity contribution >= 4 is 35.0 Å². The number of thioether (sulfide) groups is 1. The second-order valence-electron chi connectivity index (χ2n) is 6.01. The molecule has 1 fully saturated rings. The van der Waals surface area contributed by atoms with Crippen LogP contribution in [-0.2, 0) is 15.8 Å². The van der Waals surface area contributed by atoms with Crippen LogP contribution in [0, 0.1) is 0 Å². The summed E-state index contributed by atoms with van der Waals surface area (Å²) in [7, 11) is 0. The normalized spacial score (nSPS) is 18.4. The minimum absolute atomic E-state index is 0.0817. The number of amides is 1. The van der Waals surface area contributed by atoms with Gasteiger partial charge in [0.1, 0.15) is 5.25 Å². The molecule has 2 N–H and O–H groups in total. The Labute approximate surface area is 167 Å². The molecule has 2 aromatic carbocycles. The highest BCUT2D eigenvalue weighted by Gasteiger charge is 2.33. The summed E-state index contributed by atoms with van der Waals surface area (Å²) in [5, 5.41) is 18.3. The molecule has 0 saturated carbocycles. The molecular formula is C19H14F3N3O3S. The number of hydrogen-bond acceptors (Lipinski definition) is 5. The van der Waals surface area contributed by atoms with E-state index in [1.807, 2.05) is 0 Å². The minimum Gasteiger partial charge on any atom is -0.481 e. The molecule has 1 aliphatic rings. The summed E-state index contributed by atoms with van der Waals surface area (Å²) in [6, 6.07) is 11.6. The number of aliphatic carboxylic acids is 1.